The molecule has 0 saturated heterocycles. The fourth-order valence-electron chi connectivity index (χ4n) is 0.768. The zero-order chi connectivity index (χ0) is 12.4. The van der Waals surface area contributed by atoms with Crippen LogP contribution in [0.5, 0.6) is 0 Å². The van der Waals surface area contributed by atoms with Crippen LogP contribution in [0, 0.1) is 20.2 Å². The van der Waals surface area contributed by atoms with Gasteiger partial charge in [-0.2, -0.15) is 0 Å². The van der Waals surface area contributed by atoms with E-state index < -0.39 is 33.7 Å². The Morgan fingerprint density at radius 1 is 1.33 bits per heavy atom. The molecule has 0 aliphatic carbocycles. The molecule has 3 atom stereocenters. The van der Waals surface area contributed by atoms with E-state index in [0.29, 0.717) is 6.92 Å². The molecule has 10 heteroatoms. The summed E-state index contributed by atoms with van der Waals surface area (Å²) in [4.78, 5) is 27.9. The number of hydrogen-bond acceptors (Lipinski definition) is 8. The first kappa shape index (κ1) is 13.4. The molecule has 3 N–H and O–H groups in total. The van der Waals surface area contributed by atoms with Gasteiger partial charge in [-0.25, -0.2) is 0 Å². The molecule has 0 aliphatic heterocycles. The lowest BCUT2D eigenvalue weighted by atomic mass is 10.0. The predicted octanol–water partition coefficient (Wildman–Crippen LogP) is -2.50. The van der Waals surface area contributed by atoms with Gasteiger partial charge in [-0.15, -0.1) is 0 Å². The lowest BCUT2D eigenvalue weighted by molar-refractivity contribution is -0.653. The summed E-state index contributed by atoms with van der Waals surface area (Å²) in [5.41, 5.74) is -3.59. The van der Waals surface area contributed by atoms with Crippen LogP contribution in [0.4, 0.5) is 0 Å². The first-order chi connectivity index (χ1) is 6.65. The van der Waals surface area contributed by atoms with Crippen molar-refractivity contribution in [1.82, 2.24) is 0 Å². The molecule has 0 aliphatic rings. The average Bonchev–Trinajstić information content (AvgIpc) is 2.13. The van der Waals surface area contributed by atoms with Gasteiger partial charge in [0.25, 0.3) is 6.10 Å². The van der Waals surface area contributed by atoms with E-state index in [1.807, 2.05) is 0 Å². The van der Waals surface area contributed by atoms with E-state index in [-0.39, 0.29) is 0 Å². The molecular weight excluding hydrogens is 216 g/mol. The Bertz CT molecular complexity index is 287. The maximum absolute atomic E-state index is 10.7. The molecule has 0 aromatic heterocycles. The van der Waals surface area contributed by atoms with Crippen LogP contribution in [0.2, 0.25) is 0 Å². The summed E-state index contributed by atoms with van der Waals surface area (Å²) in [6.07, 6.45) is -5.68. The molecule has 0 heterocycles. The molecule has 3 unspecified atom stereocenters. The van der Waals surface area contributed by atoms with Crippen molar-refractivity contribution in [1.29, 1.82) is 0 Å². The summed E-state index contributed by atoms with van der Waals surface area (Å²) in [5, 5.41) is 47.0. The largest absolute Gasteiger partial charge is 0.416 e. The number of aliphatic hydroxyl groups is 3. The minimum atomic E-state index is -3.59. The number of aliphatic hydroxyl groups excluding tert-OH is 2. The second kappa shape index (κ2) is 4.25. The Labute approximate surface area is 82.0 Å². The van der Waals surface area contributed by atoms with Crippen molar-refractivity contribution in [2.24, 2.45) is 0 Å². The third-order valence-electron chi connectivity index (χ3n) is 1.71. The lowest BCUT2D eigenvalue weighted by Crippen LogP contribution is -2.60. The normalized spacial score (nSPS) is 18.7. The smallest absolute Gasteiger partial charge is 0.375 e. The highest BCUT2D eigenvalue weighted by Crippen LogP contribution is 2.16. The van der Waals surface area contributed by atoms with Crippen LogP contribution < -0.4 is 0 Å². The summed E-state index contributed by atoms with van der Waals surface area (Å²) in [5.74, 6) is -1.53. The highest BCUT2D eigenvalue weighted by Gasteiger charge is 2.60. The van der Waals surface area contributed by atoms with Gasteiger partial charge in [-0.05, 0) is 0 Å². The lowest BCUT2D eigenvalue weighted by Gasteiger charge is -2.21. The van der Waals surface area contributed by atoms with E-state index in [1.54, 1.807) is 0 Å². The molecule has 0 fully saturated rings. The maximum atomic E-state index is 10.7. The van der Waals surface area contributed by atoms with Crippen LogP contribution in [0.3, 0.4) is 0 Å². The number of carbonyl (C=O) groups is 1. The van der Waals surface area contributed by atoms with E-state index in [9.17, 15) is 25.0 Å². The molecule has 0 rings (SSSR count). The molecule has 0 radical (unpaired) electrons. The number of carbonyl (C=O) groups excluding carboxylic acids is 1. The van der Waals surface area contributed by atoms with Crippen molar-refractivity contribution in [3.05, 3.63) is 20.2 Å². The van der Waals surface area contributed by atoms with Crippen molar-refractivity contribution < 1.29 is 30.0 Å². The van der Waals surface area contributed by atoms with Gasteiger partial charge >= 0.3 is 12.0 Å². The van der Waals surface area contributed by atoms with E-state index >= 15 is 0 Å². The minimum absolute atomic E-state index is 0.554. The van der Waals surface area contributed by atoms with Crippen molar-refractivity contribution >= 4 is 5.78 Å². The van der Waals surface area contributed by atoms with Gasteiger partial charge in [-0.3, -0.25) is 25.0 Å². The molecule has 0 aromatic carbocycles. The summed E-state index contributed by atoms with van der Waals surface area (Å²) in [7, 11) is 0. The molecular formula is C5H8N2O8. The number of hydrogen-bond donors (Lipinski definition) is 3. The third-order valence-corrected chi connectivity index (χ3v) is 1.71. The number of rotatable bonds is 5. The Kier molecular flexibility index (Phi) is 3.78. The molecule has 15 heavy (non-hydrogen) atoms. The second-order valence-electron chi connectivity index (χ2n) is 2.68. The van der Waals surface area contributed by atoms with E-state index in [0.717, 1.165) is 0 Å². The molecule has 10 nitrogen and oxygen atoms in total. The molecule has 0 saturated carbocycles. The Hall–Kier alpha value is -1.65. The quantitative estimate of drug-likeness (QED) is 0.262. The van der Waals surface area contributed by atoms with E-state index in [4.69, 9.17) is 15.3 Å². The standard InChI is InChI=1S/C5H8N2O8/c1-2(8)5(11,7(14)15)3(9)4(10)6(12)13/h3-4,9-11H,1H3. The molecule has 86 valence electrons. The van der Waals surface area contributed by atoms with Crippen molar-refractivity contribution in [3.8, 4) is 0 Å². The minimum Gasteiger partial charge on any atom is -0.375 e. The monoisotopic (exact) mass is 224 g/mol. The van der Waals surface area contributed by atoms with Gasteiger partial charge in [0.2, 0.25) is 5.78 Å². The van der Waals surface area contributed by atoms with Gasteiger partial charge in [-0.1, -0.05) is 0 Å². The van der Waals surface area contributed by atoms with Crippen molar-refractivity contribution in [3.63, 3.8) is 0 Å². The summed E-state index contributed by atoms with van der Waals surface area (Å²) >= 11 is 0. The van der Waals surface area contributed by atoms with Crippen LogP contribution in [-0.4, -0.2) is 49.0 Å². The molecule has 0 aromatic rings. The first-order valence-electron chi connectivity index (χ1n) is 3.53. The number of nitro groups is 2. The topological polar surface area (TPSA) is 164 Å². The maximum Gasteiger partial charge on any atom is 0.416 e. The van der Waals surface area contributed by atoms with Crippen LogP contribution in [0.25, 0.3) is 0 Å². The first-order valence-corrected chi connectivity index (χ1v) is 3.53. The zero-order valence-electron chi connectivity index (χ0n) is 7.43. The SMILES string of the molecule is CC(=O)C(O)(C(O)C(O)[N+](=O)[O-])[N+](=O)[O-]. The number of ketones is 1. The molecule has 0 bridgehead atoms. The Morgan fingerprint density at radius 3 is 1.93 bits per heavy atom. The highest BCUT2D eigenvalue weighted by atomic mass is 16.7. The van der Waals surface area contributed by atoms with Crippen LogP contribution >= 0.6 is 0 Å². The number of nitrogens with zero attached hydrogens (tertiary/aromatic N) is 2. The van der Waals surface area contributed by atoms with E-state index in [1.165, 1.54) is 0 Å². The second-order valence-corrected chi connectivity index (χ2v) is 2.68. The summed E-state index contributed by atoms with van der Waals surface area (Å²) in [6, 6.07) is 0. The van der Waals surface area contributed by atoms with Gasteiger partial charge in [0.05, 0.1) is 9.85 Å². The predicted molar refractivity (Wildman–Crippen MR) is 41.6 cm³/mol. The molecule has 0 amide bonds. The van der Waals surface area contributed by atoms with Gasteiger partial charge < -0.3 is 15.3 Å². The average molecular weight is 224 g/mol. The fourth-order valence-corrected chi connectivity index (χ4v) is 0.768. The van der Waals surface area contributed by atoms with Crippen molar-refractivity contribution in [2.45, 2.75) is 25.0 Å². The van der Waals surface area contributed by atoms with Crippen LogP contribution in [0.1, 0.15) is 6.92 Å². The van der Waals surface area contributed by atoms with Crippen molar-refractivity contribution in [2.75, 3.05) is 0 Å². The fraction of sp³-hybridized carbons (Fsp3) is 0.800. The summed E-state index contributed by atoms with van der Waals surface area (Å²) in [6.45, 7) is 0.554. The van der Waals surface area contributed by atoms with Gasteiger partial charge in [0.15, 0.2) is 0 Å². The zero-order valence-corrected chi connectivity index (χ0v) is 7.43. The third kappa shape index (κ3) is 2.23. The number of Topliss-reactive ketones (excluding diaryl/α,β-unsaturated/α-hetero) is 1. The summed E-state index contributed by atoms with van der Waals surface area (Å²) < 4.78 is 0. The Morgan fingerprint density at radius 2 is 1.73 bits per heavy atom. The molecule has 0 spiro atoms. The highest BCUT2D eigenvalue weighted by molar-refractivity contribution is 5.83. The Balaban J connectivity index is 5.20. The van der Waals surface area contributed by atoms with Gasteiger partial charge in [0.1, 0.15) is 0 Å². The van der Waals surface area contributed by atoms with Crippen LogP contribution in [0.15, 0.2) is 0 Å². The van der Waals surface area contributed by atoms with Crippen LogP contribution in [-0.2, 0) is 4.79 Å². The van der Waals surface area contributed by atoms with E-state index in [2.05, 4.69) is 0 Å². The van der Waals surface area contributed by atoms with Gasteiger partial charge in [0, 0.05) is 6.92 Å².